The molecule has 1 aliphatic rings. The van der Waals surface area contributed by atoms with Gasteiger partial charge in [-0.15, -0.1) is 0 Å². The standard InChI is InChI=1S/C10H13ClO2/c11-7-3-1-4-8-12-10-6-2-5-9-13-10/h3,7,10H,2,5-6,8-9H2/b7-3-. The first-order chi connectivity index (χ1) is 6.43. The van der Waals surface area contributed by atoms with Crippen molar-refractivity contribution in [2.75, 3.05) is 13.2 Å². The van der Waals surface area contributed by atoms with Crippen molar-refractivity contribution < 1.29 is 9.47 Å². The van der Waals surface area contributed by atoms with Gasteiger partial charge in [0.1, 0.15) is 6.61 Å². The molecule has 13 heavy (non-hydrogen) atoms. The van der Waals surface area contributed by atoms with E-state index in [4.69, 9.17) is 21.1 Å². The molecule has 1 rings (SSSR count). The van der Waals surface area contributed by atoms with Crippen molar-refractivity contribution >= 4 is 11.6 Å². The molecule has 2 nitrogen and oxygen atoms in total. The Balaban J connectivity index is 2.08. The number of rotatable bonds is 2. The zero-order chi connectivity index (χ0) is 9.36. The average molecular weight is 201 g/mol. The van der Waals surface area contributed by atoms with E-state index in [0.29, 0.717) is 6.61 Å². The van der Waals surface area contributed by atoms with E-state index in [0.717, 1.165) is 19.4 Å². The summed E-state index contributed by atoms with van der Waals surface area (Å²) in [6, 6.07) is 0. The molecule has 1 fully saturated rings. The molecule has 72 valence electrons. The van der Waals surface area contributed by atoms with E-state index in [1.54, 1.807) is 6.08 Å². The van der Waals surface area contributed by atoms with Gasteiger partial charge >= 0.3 is 0 Å². The Bertz CT molecular complexity index is 209. The molecule has 3 heteroatoms. The molecule has 0 bridgehead atoms. The summed E-state index contributed by atoms with van der Waals surface area (Å²) < 4.78 is 10.7. The van der Waals surface area contributed by atoms with Crippen LogP contribution in [0.2, 0.25) is 0 Å². The van der Waals surface area contributed by atoms with Gasteiger partial charge in [-0.25, -0.2) is 0 Å². The first-order valence-corrected chi connectivity index (χ1v) is 4.84. The molecule has 0 aliphatic carbocycles. The van der Waals surface area contributed by atoms with Gasteiger partial charge in [0, 0.05) is 12.1 Å². The Morgan fingerprint density at radius 1 is 1.54 bits per heavy atom. The lowest BCUT2D eigenvalue weighted by atomic mass is 10.2. The zero-order valence-corrected chi connectivity index (χ0v) is 8.22. The second-order valence-corrected chi connectivity index (χ2v) is 2.97. The maximum atomic E-state index is 5.36. The molecule has 1 unspecified atom stereocenters. The third kappa shape index (κ3) is 4.94. The number of hydrogen-bond donors (Lipinski definition) is 0. The summed E-state index contributed by atoms with van der Waals surface area (Å²) in [5, 5.41) is 0. The monoisotopic (exact) mass is 200 g/mol. The van der Waals surface area contributed by atoms with Gasteiger partial charge < -0.3 is 9.47 Å². The molecule has 0 saturated carbocycles. The fraction of sp³-hybridized carbons (Fsp3) is 0.600. The second kappa shape index (κ2) is 6.97. The van der Waals surface area contributed by atoms with Crippen molar-refractivity contribution in [2.24, 2.45) is 0 Å². The summed E-state index contributed by atoms with van der Waals surface area (Å²) in [6.45, 7) is 1.21. The van der Waals surface area contributed by atoms with Gasteiger partial charge in [-0.2, -0.15) is 0 Å². The quantitative estimate of drug-likeness (QED) is 0.637. The highest BCUT2D eigenvalue weighted by Crippen LogP contribution is 2.12. The van der Waals surface area contributed by atoms with E-state index in [-0.39, 0.29) is 6.29 Å². The van der Waals surface area contributed by atoms with Crippen LogP contribution in [0.15, 0.2) is 11.6 Å². The topological polar surface area (TPSA) is 18.5 Å². The second-order valence-electron chi connectivity index (χ2n) is 2.72. The Kier molecular flexibility index (Phi) is 5.67. The molecule has 0 spiro atoms. The molecule has 1 aliphatic heterocycles. The van der Waals surface area contributed by atoms with E-state index in [2.05, 4.69) is 11.8 Å². The maximum absolute atomic E-state index is 5.36. The Hall–Kier alpha value is -0.490. The molecule has 0 aromatic carbocycles. The lowest BCUT2D eigenvalue weighted by Crippen LogP contribution is -2.22. The Morgan fingerprint density at radius 3 is 3.15 bits per heavy atom. The molecular weight excluding hydrogens is 188 g/mol. The van der Waals surface area contributed by atoms with Gasteiger partial charge in [0.05, 0.1) is 0 Å². The maximum Gasteiger partial charge on any atom is 0.158 e. The van der Waals surface area contributed by atoms with Crippen LogP contribution in [0.4, 0.5) is 0 Å². The molecular formula is C10H13ClO2. The fourth-order valence-corrected chi connectivity index (χ4v) is 1.17. The first kappa shape index (κ1) is 10.6. The molecule has 0 N–H and O–H groups in total. The van der Waals surface area contributed by atoms with Crippen molar-refractivity contribution in [1.29, 1.82) is 0 Å². The minimum Gasteiger partial charge on any atom is -0.353 e. The van der Waals surface area contributed by atoms with E-state index in [1.165, 1.54) is 12.0 Å². The third-order valence-corrected chi connectivity index (χ3v) is 1.85. The summed E-state index contributed by atoms with van der Waals surface area (Å²) in [7, 11) is 0. The van der Waals surface area contributed by atoms with Gasteiger partial charge in [0.2, 0.25) is 0 Å². The van der Waals surface area contributed by atoms with Crippen LogP contribution >= 0.6 is 11.6 Å². The Morgan fingerprint density at radius 2 is 2.46 bits per heavy atom. The summed E-state index contributed by atoms with van der Waals surface area (Å²) >= 11 is 5.28. The van der Waals surface area contributed by atoms with Crippen LogP contribution < -0.4 is 0 Å². The van der Waals surface area contributed by atoms with Crippen LogP contribution in [0.25, 0.3) is 0 Å². The average Bonchev–Trinajstić information content (AvgIpc) is 2.19. The normalized spacial score (nSPS) is 22.7. The summed E-state index contributed by atoms with van der Waals surface area (Å²) in [6.07, 6.45) is 4.82. The highest BCUT2D eigenvalue weighted by atomic mass is 35.5. The lowest BCUT2D eigenvalue weighted by Gasteiger charge is -2.21. The van der Waals surface area contributed by atoms with Crippen LogP contribution in [0.5, 0.6) is 0 Å². The summed E-state index contributed by atoms with van der Waals surface area (Å²) in [4.78, 5) is 0. The van der Waals surface area contributed by atoms with Gasteiger partial charge in [0.25, 0.3) is 0 Å². The number of ether oxygens (including phenoxy) is 2. The fourth-order valence-electron chi connectivity index (χ4n) is 1.11. The SMILES string of the molecule is Cl/C=C\C#CCOC1CCCCO1. The van der Waals surface area contributed by atoms with E-state index >= 15 is 0 Å². The van der Waals surface area contributed by atoms with Gasteiger partial charge in [-0.3, -0.25) is 0 Å². The highest BCUT2D eigenvalue weighted by molar-refractivity contribution is 6.25. The zero-order valence-electron chi connectivity index (χ0n) is 7.46. The smallest absolute Gasteiger partial charge is 0.158 e. The van der Waals surface area contributed by atoms with Crippen LogP contribution in [0, 0.1) is 11.8 Å². The van der Waals surface area contributed by atoms with Gasteiger partial charge in [-0.1, -0.05) is 23.4 Å². The molecule has 0 aromatic rings. The molecule has 0 amide bonds. The minimum atomic E-state index is -0.0527. The number of hydrogen-bond acceptors (Lipinski definition) is 2. The van der Waals surface area contributed by atoms with Crippen molar-refractivity contribution in [3.8, 4) is 11.8 Å². The minimum absolute atomic E-state index is 0.0527. The molecule has 1 saturated heterocycles. The third-order valence-electron chi connectivity index (χ3n) is 1.73. The molecule has 0 radical (unpaired) electrons. The van der Waals surface area contributed by atoms with Crippen molar-refractivity contribution in [2.45, 2.75) is 25.6 Å². The predicted molar refractivity (Wildman–Crippen MR) is 52.3 cm³/mol. The van der Waals surface area contributed by atoms with Crippen LogP contribution in [0.3, 0.4) is 0 Å². The summed E-state index contributed by atoms with van der Waals surface area (Å²) in [5.41, 5.74) is 1.38. The summed E-state index contributed by atoms with van der Waals surface area (Å²) in [5.74, 6) is 5.54. The van der Waals surface area contributed by atoms with Gasteiger partial charge in [-0.05, 0) is 25.3 Å². The Labute approximate surface area is 83.9 Å². The van der Waals surface area contributed by atoms with Crippen molar-refractivity contribution in [3.05, 3.63) is 11.6 Å². The molecule has 1 heterocycles. The van der Waals surface area contributed by atoms with Crippen molar-refractivity contribution in [1.82, 2.24) is 0 Å². The first-order valence-electron chi connectivity index (χ1n) is 4.40. The number of halogens is 1. The molecule has 1 atom stereocenters. The van der Waals surface area contributed by atoms with E-state index in [9.17, 15) is 0 Å². The van der Waals surface area contributed by atoms with Crippen LogP contribution in [-0.4, -0.2) is 19.5 Å². The number of allylic oxidation sites excluding steroid dienone is 1. The largest absolute Gasteiger partial charge is 0.353 e. The van der Waals surface area contributed by atoms with E-state index in [1.807, 2.05) is 0 Å². The lowest BCUT2D eigenvalue weighted by molar-refractivity contribution is -0.154. The van der Waals surface area contributed by atoms with E-state index < -0.39 is 0 Å². The van der Waals surface area contributed by atoms with Gasteiger partial charge in [0.15, 0.2) is 6.29 Å². The van der Waals surface area contributed by atoms with Crippen LogP contribution in [-0.2, 0) is 9.47 Å². The van der Waals surface area contributed by atoms with Crippen molar-refractivity contribution in [3.63, 3.8) is 0 Å². The molecule has 0 aromatic heterocycles. The van der Waals surface area contributed by atoms with Crippen LogP contribution in [0.1, 0.15) is 19.3 Å². The highest BCUT2D eigenvalue weighted by Gasteiger charge is 2.12. The predicted octanol–water partition coefficient (Wildman–Crippen LogP) is 2.29.